The van der Waals surface area contributed by atoms with Crippen molar-refractivity contribution < 1.29 is 24.6 Å². The van der Waals surface area contributed by atoms with Gasteiger partial charge in [0, 0.05) is 5.69 Å². The molecule has 1 amide bonds. The Hall–Kier alpha value is -2.57. The van der Waals surface area contributed by atoms with Gasteiger partial charge >= 0.3 is 11.9 Å². The summed E-state index contributed by atoms with van der Waals surface area (Å²) in [4.78, 5) is 34.5. The van der Waals surface area contributed by atoms with Gasteiger partial charge < -0.3 is 15.5 Å². The van der Waals surface area contributed by atoms with E-state index in [1.54, 1.807) is 18.2 Å². The zero-order chi connectivity index (χ0) is 13.3. The highest BCUT2D eigenvalue weighted by Gasteiger charge is 2.37. The minimum absolute atomic E-state index is 0.260. The van der Waals surface area contributed by atoms with E-state index in [4.69, 9.17) is 10.2 Å². The molecule has 1 aliphatic rings. The molecule has 1 aliphatic heterocycles. The number of rotatable bonds is 3. The van der Waals surface area contributed by atoms with Crippen LogP contribution in [0, 0.1) is 0 Å². The number of nitrogens with one attached hydrogen (secondary N) is 1. The van der Waals surface area contributed by atoms with E-state index in [2.05, 4.69) is 5.32 Å². The number of hydrogen-bond acceptors (Lipinski definition) is 4. The fourth-order valence-electron chi connectivity index (χ4n) is 1.80. The molecular weight excluding hydrogens is 240 g/mol. The topological polar surface area (TPSA) is 107 Å². The van der Waals surface area contributed by atoms with E-state index < -0.39 is 30.6 Å². The van der Waals surface area contributed by atoms with Crippen LogP contribution in [-0.2, 0) is 9.59 Å². The summed E-state index contributed by atoms with van der Waals surface area (Å²) in [5.41, 5.74) is 0.646. The quantitative estimate of drug-likeness (QED) is 0.699. The molecule has 0 spiro atoms. The molecule has 18 heavy (non-hydrogen) atoms. The second-order valence-electron chi connectivity index (χ2n) is 3.76. The second kappa shape index (κ2) is 4.36. The molecule has 2 rings (SSSR count). The number of carbonyl (C=O) groups excluding carboxylic acids is 1. The molecule has 0 radical (unpaired) electrons. The first kappa shape index (κ1) is 11.9. The molecule has 0 aromatic heterocycles. The molecule has 1 aromatic rings. The smallest absolute Gasteiger partial charge is 0.347 e. The van der Waals surface area contributed by atoms with E-state index in [0.717, 1.165) is 4.90 Å². The maximum absolute atomic E-state index is 12.0. The average Bonchev–Trinajstić information content (AvgIpc) is 2.32. The molecule has 0 fully saturated rings. The number of anilines is 1. The van der Waals surface area contributed by atoms with Crippen molar-refractivity contribution in [3.63, 3.8) is 0 Å². The fourth-order valence-corrected chi connectivity index (χ4v) is 1.80. The van der Waals surface area contributed by atoms with E-state index in [1.165, 1.54) is 6.07 Å². The molecule has 7 heteroatoms. The van der Waals surface area contributed by atoms with Gasteiger partial charge in [-0.1, -0.05) is 12.1 Å². The predicted molar refractivity (Wildman–Crippen MR) is 60.2 cm³/mol. The molecule has 1 aromatic carbocycles. The Balaban J connectivity index is 2.42. The summed E-state index contributed by atoms with van der Waals surface area (Å²) in [6.07, 6.45) is -1.37. The van der Waals surface area contributed by atoms with Gasteiger partial charge in [-0.05, 0) is 12.1 Å². The molecule has 94 valence electrons. The van der Waals surface area contributed by atoms with Crippen molar-refractivity contribution in [1.29, 1.82) is 0 Å². The van der Waals surface area contributed by atoms with Crippen LogP contribution in [0.2, 0.25) is 0 Å². The fraction of sp³-hybridized carbons (Fsp3) is 0.182. The van der Waals surface area contributed by atoms with Crippen LogP contribution in [0.15, 0.2) is 24.3 Å². The van der Waals surface area contributed by atoms with Gasteiger partial charge in [0.05, 0.1) is 5.56 Å². The lowest BCUT2D eigenvalue weighted by molar-refractivity contribution is -0.144. The molecular formula is C11H10N2O5. The molecule has 0 bridgehead atoms. The van der Waals surface area contributed by atoms with E-state index in [9.17, 15) is 14.4 Å². The molecule has 0 aliphatic carbocycles. The monoisotopic (exact) mass is 250 g/mol. The van der Waals surface area contributed by atoms with Crippen molar-refractivity contribution in [3.8, 4) is 0 Å². The highest BCUT2D eigenvalue weighted by atomic mass is 16.4. The number of fused-ring (bicyclic) bond motifs is 1. The van der Waals surface area contributed by atoms with Crippen molar-refractivity contribution in [2.75, 3.05) is 11.9 Å². The normalized spacial score (nSPS) is 17.9. The summed E-state index contributed by atoms with van der Waals surface area (Å²) < 4.78 is 0. The second-order valence-corrected chi connectivity index (χ2v) is 3.76. The van der Waals surface area contributed by atoms with Gasteiger partial charge in [-0.25, -0.2) is 4.79 Å². The molecule has 3 N–H and O–H groups in total. The van der Waals surface area contributed by atoms with Crippen molar-refractivity contribution in [2.45, 2.75) is 6.17 Å². The third kappa shape index (κ3) is 1.97. The summed E-state index contributed by atoms with van der Waals surface area (Å²) in [5.74, 6) is -3.19. The van der Waals surface area contributed by atoms with Crippen molar-refractivity contribution in [1.82, 2.24) is 4.90 Å². The average molecular weight is 250 g/mol. The third-order valence-electron chi connectivity index (χ3n) is 2.56. The van der Waals surface area contributed by atoms with Gasteiger partial charge in [-0.15, -0.1) is 0 Å². The van der Waals surface area contributed by atoms with Gasteiger partial charge in [0.15, 0.2) is 0 Å². The molecule has 0 saturated carbocycles. The summed E-state index contributed by atoms with van der Waals surface area (Å²) in [6.45, 7) is -0.670. The summed E-state index contributed by atoms with van der Waals surface area (Å²) >= 11 is 0. The lowest BCUT2D eigenvalue weighted by Crippen LogP contribution is -2.54. The standard InChI is InChI=1S/C11H10N2O5/c14-8(15)5-13-9(11(17)18)12-7-4-2-1-3-6(7)10(13)16/h1-4,9,12H,5H2,(H,14,15)(H,17,18). The SMILES string of the molecule is O=C(O)CN1C(=O)c2ccccc2NC1C(=O)O. The van der Waals surface area contributed by atoms with Crippen LogP contribution in [0.5, 0.6) is 0 Å². The molecule has 0 saturated heterocycles. The molecule has 1 atom stereocenters. The first-order chi connectivity index (χ1) is 8.50. The molecule has 1 heterocycles. The Morgan fingerprint density at radius 1 is 1.28 bits per heavy atom. The first-order valence-corrected chi connectivity index (χ1v) is 5.12. The number of hydrogen-bond donors (Lipinski definition) is 3. The number of amides is 1. The van der Waals surface area contributed by atoms with Crippen molar-refractivity contribution in [3.05, 3.63) is 29.8 Å². The number of carbonyl (C=O) groups is 3. The van der Waals surface area contributed by atoms with Gasteiger partial charge in [0.2, 0.25) is 6.17 Å². The first-order valence-electron chi connectivity index (χ1n) is 5.12. The molecule has 7 nitrogen and oxygen atoms in total. The van der Waals surface area contributed by atoms with Gasteiger partial charge in [-0.3, -0.25) is 14.5 Å². The highest BCUT2D eigenvalue weighted by molar-refractivity contribution is 6.05. The zero-order valence-corrected chi connectivity index (χ0v) is 9.16. The Kier molecular flexibility index (Phi) is 2.88. The number of nitrogens with zero attached hydrogens (tertiary/aromatic N) is 1. The van der Waals surface area contributed by atoms with Crippen LogP contribution in [0.4, 0.5) is 5.69 Å². The van der Waals surface area contributed by atoms with E-state index >= 15 is 0 Å². The Bertz CT molecular complexity index is 528. The summed E-state index contributed by atoms with van der Waals surface area (Å²) in [7, 11) is 0. The summed E-state index contributed by atoms with van der Waals surface area (Å²) in [6, 6.07) is 6.36. The highest BCUT2D eigenvalue weighted by Crippen LogP contribution is 2.24. The Morgan fingerprint density at radius 2 is 1.94 bits per heavy atom. The van der Waals surface area contributed by atoms with E-state index in [1.807, 2.05) is 0 Å². The van der Waals surface area contributed by atoms with Crippen molar-refractivity contribution >= 4 is 23.5 Å². The largest absolute Gasteiger partial charge is 0.480 e. The van der Waals surface area contributed by atoms with Crippen molar-refractivity contribution in [2.24, 2.45) is 0 Å². The van der Waals surface area contributed by atoms with Crippen LogP contribution in [0.1, 0.15) is 10.4 Å². The number of carboxylic acids is 2. The van der Waals surface area contributed by atoms with E-state index in [-0.39, 0.29) is 5.56 Å². The van der Waals surface area contributed by atoms with Gasteiger partial charge in [0.25, 0.3) is 5.91 Å². The third-order valence-corrected chi connectivity index (χ3v) is 2.56. The van der Waals surface area contributed by atoms with Gasteiger partial charge in [0.1, 0.15) is 6.54 Å². The minimum Gasteiger partial charge on any atom is -0.480 e. The molecule has 1 unspecified atom stereocenters. The van der Waals surface area contributed by atoms with Crippen LogP contribution in [-0.4, -0.2) is 45.7 Å². The maximum Gasteiger partial charge on any atom is 0.347 e. The zero-order valence-electron chi connectivity index (χ0n) is 9.16. The number of carboxylic acid groups (broad SMARTS) is 2. The summed E-state index contributed by atoms with van der Waals surface area (Å²) in [5, 5.41) is 20.4. The maximum atomic E-state index is 12.0. The van der Waals surface area contributed by atoms with Crippen LogP contribution >= 0.6 is 0 Å². The van der Waals surface area contributed by atoms with Crippen LogP contribution in [0.25, 0.3) is 0 Å². The number of para-hydroxylation sites is 1. The number of benzene rings is 1. The lowest BCUT2D eigenvalue weighted by atomic mass is 10.1. The Labute approximate surface area is 102 Å². The number of aliphatic carboxylic acids is 2. The van der Waals surface area contributed by atoms with Crippen LogP contribution in [0.3, 0.4) is 0 Å². The van der Waals surface area contributed by atoms with Gasteiger partial charge in [-0.2, -0.15) is 0 Å². The van der Waals surface area contributed by atoms with E-state index in [0.29, 0.717) is 5.69 Å². The minimum atomic E-state index is -1.37. The Morgan fingerprint density at radius 3 is 2.56 bits per heavy atom. The lowest BCUT2D eigenvalue weighted by Gasteiger charge is -2.34. The van der Waals surface area contributed by atoms with Crippen LogP contribution < -0.4 is 5.32 Å². The predicted octanol–water partition coefficient (Wildman–Crippen LogP) is 0.0496.